The van der Waals surface area contributed by atoms with Gasteiger partial charge in [-0.2, -0.15) is 0 Å². The average molecular weight is 434 g/mol. The molecular weight excluding hydrogens is 406 g/mol. The Balaban J connectivity index is 2.00. The van der Waals surface area contributed by atoms with Crippen LogP contribution < -0.4 is 19.7 Å². The van der Waals surface area contributed by atoms with Gasteiger partial charge in [-0.3, -0.25) is 13.9 Å². The van der Waals surface area contributed by atoms with Gasteiger partial charge < -0.3 is 15.4 Å². The smallest absolute Gasteiger partial charge is 0.262 e. The molecule has 0 fully saturated rings. The SMILES string of the molecule is CN(c1ccc(OCC(=O)Nc2ccccc2C(=O)NC(C)(C)C)cc1)S(C)(=O)=O. The summed E-state index contributed by atoms with van der Waals surface area (Å²) in [4.78, 5) is 24.8. The fourth-order valence-corrected chi connectivity index (χ4v) is 2.98. The maximum Gasteiger partial charge on any atom is 0.262 e. The van der Waals surface area contributed by atoms with E-state index in [2.05, 4.69) is 10.6 Å². The van der Waals surface area contributed by atoms with Crippen molar-refractivity contribution in [2.75, 3.05) is 29.5 Å². The Morgan fingerprint density at radius 2 is 1.63 bits per heavy atom. The van der Waals surface area contributed by atoms with Crippen molar-refractivity contribution in [2.24, 2.45) is 0 Å². The summed E-state index contributed by atoms with van der Waals surface area (Å²) in [5, 5.41) is 5.55. The molecule has 2 rings (SSSR count). The molecule has 0 aliphatic carbocycles. The van der Waals surface area contributed by atoms with Crippen LogP contribution in [0.4, 0.5) is 11.4 Å². The maximum atomic E-state index is 12.5. The van der Waals surface area contributed by atoms with Crippen molar-refractivity contribution in [3.63, 3.8) is 0 Å². The molecular formula is C21H27N3O5S. The summed E-state index contributed by atoms with van der Waals surface area (Å²) in [7, 11) is -1.91. The number of amides is 2. The first-order valence-corrected chi connectivity index (χ1v) is 11.1. The van der Waals surface area contributed by atoms with Crippen LogP contribution in [-0.2, 0) is 14.8 Å². The first-order chi connectivity index (χ1) is 13.9. The lowest BCUT2D eigenvalue weighted by Crippen LogP contribution is -2.41. The second kappa shape index (κ2) is 9.17. The van der Waals surface area contributed by atoms with Gasteiger partial charge in [0.15, 0.2) is 6.61 Å². The number of anilines is 2. The zero-order chi connectivity index (χ0) is 22.5. The van der Waals surface area contributed by atoms with Crippen LogP contribution in [-0.4, -0.2) is 45.7 Å². The fourth-order valence-electron chi connectivity index (χ4n) is 2.48. The number of para-hydroxylation sites is 1. The first-order valence-electron chi connectivity index (χ1n) is 9.25. The fraction of sp³-hybridized carbons (Fsp3) is 0.333. The third kappa shape index (κ3) is 6.77. The Morgan fingerprint density at radius 3 is 2.20 bits per heavy atom. The van der Waals surface area contributed by atoms with Gasteiger partial charge >= 0.3 is 0 Å². The van der Waals surface area contributed by atoms with Gasteiger partial charge in [0.1, 0.15) is 5.75 Å². The Hall–Kier alpha value is -3.07. The molecule has 2 amide bonds. The summed E-state index contributed by atoms with van der Waals surface area (Å²) in [6.45, 7) is 5.35. The minimum Gasteiger partial charge on any atom is -0.484 e. The molecule has 0 aliphatic heterocycles. The first kappa shape index (κ1) is 23.2. The van der Waals surface area contributed by atoms with Crippen molar-refractivity contribution in [1.82, 2.24) is 5.32 Å². The molecule has 30 heavy (non-hydrogen) atoms. The molecule has 0 aliphatic rings. The molecule has 0 saturated heterocycles. The number of nitrogens with one attached hydrogen (secondary N) is 2. The second-order valence-corrected chi connectivity index (χ2v) is 9.82. The third-order valence-corrected chi connectivity index (χ3v) is 5.21. The van der Waals surface area contributed by atoms with Gasteiger partial charge in [0, 0.05) is 12.6 Å². The number of benzene rings is 2. The lowest BCUT2D eigenvalue weighted by molar-refractivity contribution is -0.118. The molecule has 0 radical (unpaired) electrons. The van der Waals surface area contributed by atoms with Crippen molar-refractivity contribution < 1.29 is 22.7 Å². The number of carbonyl (C=O) groups excluding carboxylic acids is 2. The summed E-state index contributed by atoms with van der Waals surface area (Å²) < 4.78 is 29.7. The third-order valence-electron chi connectivity index (χ3n) is 4.00. The molecule has 0 heterocycles. The van der Waals surface area contributed by atoms with Crippen LogP contribution in [0, 0.1) is 0 Å². The Bertz CT molecular complexity index is 1010. The topological polar surface area (TPSA) is 105 Å². The highest BCUT2D eigenvalue weighted by atomic mass is 32.2. The summed E-state index contributed by atoms with van der Waals surface area (Å²) in [5.41, 5.74) is 0.814. The van der Waals surface area contributed by atoms with Gasteiger partial charge in [-0.1, -0.05) is 12.1 Å². The van der Waals surface area contributed by atoms with E-state index in [1.807, 2.05) is 20.8 Å². The molecule has 162 valence electrons. The molecule has 2 aromatic rings. The number of ether oxygens (including phenoxy) is 1. The maximum absolute atomic E-state index is 12.5. The Labute approximate surface area is 177 Å². The molecule has 0 spiro atoms. The van der Waals surface area contributed by atoms with Gasteiger partial charge in [-0.05, 0) is 57.2 Å². The summed E-state index contributed by atoms with van der Waals surface area (Å²) in [5.74, 6) is -0.303. The van der Waals surface area contributed by atoms with Gasteiger partial charge in [-0.25, -0.2) is 8.42 Å². The monoisotopic (exact) mass is 433 g/mol. The lowest BCUT2D eigenvalue weighted by atomic mass is 10.1. The van der Waals surface area contributed by atoms with Gasteiger partial charge in [0.25, 0.3) is 11.8 Å². The molecule has 0 bridgehead atoms. The number of rotatable bonds is 7. The van der Waals surface area contributed by atoms with E-state index in [1.165, 1.54) is 7.05 Å². The molecule has 8 nitrogen and oxygen atoms in total. The standard InChI is InChI=1S/C21H27N3O5S/c1-21(2,3)23-20(26)17-8-6-7-9-18(17)22-19(25)14-29-16-12-10-15(11-13-16)24(4)30(5,27)28/h6-13H,14H2,1-5H3,(H,22,25)(H,23,26). The van der Waals surface area contributed by atoms with Crippen molar-refractivity contribution >= 4 is 33.2 Å². The van der Waals surface area contributed by atoms with Crippen LogP contribution in [0.1, 0.15) is 31.1 Å². The van der Waals surface area contributed by atoms with Crippen LogP contribution in [0.5, 0.6) is 5.75 Å². The van der Waals surface area contributed by atoms with Crippen LogP contribution in [0.15, 0.2) is 48.5 Å². The average Bonchev–Trinajstić information content (AvgIpc) is 2.64. The van der Waals surface area contributed by atoms with Gasteiger partial charge in [0.2, 0.25) is 10.0 Å². The zero-order valence-corrected chi connectivity index (χ0v) is 18.5. The molecule has 0 aromatic heterocycles. The highest BCUT2D eigenvalue weighted by Gasteiger charge is 2.19. The number of nitrogens with zero attached hydrogens (tertiary/aromatic N) is 1. The van der Waals surface area contributed by atoms with Crippen molar-refractivity contribution in [1.29, 1.82) is 0 Å². The van der Waals surface area contributed by atoms with Crippen molar-refractivity contribution in [2.45, 2.75) is 26.3 Å². The predicted octanol–water partition coefficient (Wildman–Crippen LogP) is 2.63. The van der Waals surface area contributed by atoms with Crippen LogP contribution >= 0.6 is 0 Å². The molecule has 0 unspecified atom stereocenters. The zero-order valence-electron chi connectivity index (χ0n) is 17.7. The Morgan fingerprint density at radius 1 is 1.03 bits per heavy atom. The minimum atomic E-state index is -3.36. The van der Waals surface area contributed by atoms with E-state index in [9.17, 15) is 18.0 Å². The van der Waals surface area contributed by atoms with E-state index >= 15 is 0 Å². The molecule has 2 N–H and O–H groups in total. The van der Waals surface area contributed by atoms with E-state index in [-0.39, 0.29) is 12.5 Å². The quantitative estimate of drug-likeness (QED) is 0.698. The van der Waals surface area contributed by atoms with E-state index in [1.54, 1.807) is 48.5 Å². The predicted molar refractivity (Wildman–Crippen MR) is 117 cm³/mol. The second-order valence-electron chi connectivity index (χ2n) is 7.81. The summed E-state index contributed by atoms with van der Waals surface area (Å²) in [6, 6.07) is 13.0. The number of hydrogen-bond acceptors (Lipinski definition) is 5. The van der Waals surface area contributed by atoms with E-state index in [0.717, 1.165) is 10.6 Å². The van der Waals surface area contributed by atoms with E-state index < -0.39 is 21.5 Å². The largest absolute Gasteiger partial charge is 0.484 e. The van der Waals surface area contributed by atoms with Crippen LogP contribution in [0.2, 0.25) is 0 Å². The summed E-state index contributed by atoms with van der Waals surface area (Å²) in [6.07, 6.45) is 1.11. The normalized spacial score (nSPS) is 11.5. The number of hydrogen-bond donors (Lipinski definition) is 2. The van der Waals surface area contributed by atoms with Crippen molar-refractivity contribution in [3.05, 3.63) is 54.1 Å². The minimum absolute atomic E-state index is 0.267. The molecule has 2 aromatic carbocycles. The Kier molecular flexibility index (Phi) is 7.09. The van der Waals surface area contributed by atoms with Crippen LogP contribution in [0.25, 0.3) is 0 Å². The molecule has 0 saturated carbocycles. The van der Waals surface area contributed by atoms with Crippen LogP contribution in [0.3, 0.4) is 0 Å². The van der Waals surface area contributed by atoms with E-state index in [0.29, 0.717) is 22.7 Å². The van der Waals surface area contributed by atoms with Gasteiger partial charge in [-0.15, -0.1) is 0 Å². The highest BCUT2D eigenvalue weighted by Crippen LogP contribution is 2.20. The van der Waals surface area contributed by atoms with Gasteiger partial charge in [0.05, 0.1) is 23.2 Å². The van der Waals surface area contributed by atoms with E-state index in [4.69, 9.17) is 4.74 Å². The van der Waals surface area contributed by atoms with Crippen molar-refractivity contribution in [3.8, 4) is 5.75 Å². The number of sulfonamides is 1. The lowest BCUT2D eigenvalue weighted by Gasteiger charge is -2.21. The molecule has 0 atom stereocenters. The summed E-state index contributed by atoms with van der Waals surface area (Å²) >= 11 is 0. The molecule has 9 heteroatoms. The number of carbonyl (C=O) groups is 2. The highest BCUT2D eigenvalue weighted by molar-refractivity contribution is 7.92.